The fourth-order valence-corrected chi connectivity index (χ4v) is 2.42. The molecule has 1 aromatic heterocycles. The van der Waals surface area contributed by atoms with Gasteiger partial charge in [-0.2, -0.15) is 5.10 Å². The van der Waals surface area contributed by atoms with E-state index >= 15 is 0 Å². The normalized spacial score (nSPS) is 11.4. The van der Waals surface area contributed by atoms with E-state index in [0.29, 0.717) is 17.9 Å². The predicted octanol–water partition coefficient (Wildman–Crippen LogP) is 0.208. The Labute approximate surface area is 118 Å². The number of nitrogens with zero attached hydrogens (tertiary/aromatic N) is 3. The summed E-state index contributed by atoms with van der Waals surface area (Å²) in [6.07, 6.45) is 1.20. The monoisotopic (exact) mass is 302 g/mol. The van der Waals surface area contributed by atoms with Crippen LogP contribution in [0.4, 0.5) is 5.82 Å². The minimum atomic E-state index is -3.03. The van der Waals surface area contributed by atoms with Gasteiger partial charge in [0.25, 0.3) is 0 Å². The molecule has 19 heavy (non-hydrogen) atoms. The lowest BCUT2D eigenvalue weighted by Crippen LogP contribution is -2.29. The zero-order valence-corrected chi connectivity index (χ0v) is 13.1. The Morgan fingerprint density at radius 1 is 1.37 bits per heavy atom. The lowest BCUT2D eigenvalue weighted by Gasteiger charge is -2.21. The summed E-state index contributed by atoms with van der Waals surface area (Å²) < 4.78 is 22.4. The van der Waals surface area contributed by atoms with E-state index in [-0.39, 0.29) is 10.7 Å². The number of thiocarbonyl (C=S) groups is 1. The van der Waals surface area contributed by atoms with Crippen LogP contribution in [0.3, 0.4) is 0 Å². The molecule has 6 nitrogen and oxygen atoms in total. The van der Waals surface area contributed by atoms with Gasteiger partial charge >= 0.3 is 0 Å². The van der Waals surface area contributed by atoms with Gasteiger partial charge in [-0.05, 0) is 19.4 Å². The molecule has 0 radical (unpaired) electrons. The molecule has 0 unspecified atom stereocenters. The Morgan fingerprint density at radius 3 is 2.42 bits per heavy atom. The Hall–Kier alpha value is -1.28. The summed E-state index contributed by atoms with van der Waals surface area (Å²) in [6, 6.07) is 0. The molecule has 8 heteroatoms. The van der Waals surface area contributed by atoms with Crippen molar-refractivity contribution in [1.82, 2.24) is 10.2 Å². The van der Waals surface area contributed by atoms with Gasteiger partial charge in [-0.1, -0.05) is 12.2 Å². The van der Waals surface area contributed by atoms with Crippen molar-refractivity contribution in [1.29, 1.82) is 0 Å². The van der Waals surface area contributed by atoms with E-state index in [9.17, 15) is 8.42 Å². The van der Waals surface area contributed by atoms with Gasteiger partial charge in [-0.25, -0.2) is 8.42 Å². The van der Waals surface area contributed by atoms with Crippen molar-refractivity contribution >= 4 is 32.9 Å². The molecule has 0 saturated heterocycles. The second kappa shape index (κ2) is 5.79. The zero-order valence-electron chi connectivity index (χ0n) is 11.5. The maximum absolute atomic E-state index is 11.2. The van der Waals surface area contributed by atoms with Crippen LogP contribution < -0.4 is 10.6 Å². The molecular formula is C11H18N4O2S2. The number of nitrogens with two attached hydrogens (primary N) is 1. The third kappa shape index (κ3) is 4.10. The fourth-order valence-electron chi connectivity index (χ4n) is 1.57. The Morgan fingerprint density at radius 2 is 1.95 bits per heavy atom. The summed E-state index contributed by atoms with van der Waals surface area (Å²) in [5.74, 6) is 0.550. The van der Waals surface area contributed by atoms with E-state index in [1.807, 2.05) is 13.8 Å². The molecule has 1 rings (SSSR count). The molecule has 0 bridgehead atoms. The number of anilines is 1. The van der Waals surface area contributed by atoms with Crippen molar-refractivity contribution < 1.29 is 8.42 Å². The molecule has 1 aromatic rings. The molecule has 2 N–H and O–H groups in total. The van der Waals surface area contributed by atoms with Gasteiger partial charge in [0, 0.05) is 19.8 Å². The van der Waals surface area contributed by atoms with Gasteiger partial charge in [0.15, 0.2) is 5.82 Å². The first-order valence-electron chi connectivity index (χ1n) is 5.66. The highest BCUT2D eigenvalue weighted by Crippen LogP contribution is 2.21. The van der Waals surface area contributed by atoms with E-state index in [0.717, 1.165) is 11.3 Å². The van der Waals surface area contributed by atoms with Crippen LogP contribution >= 0.6 is 12.2 Å². The van der Waals surface area contributed by atoms with Crippen LogP contribution in [-0.4, -0.2) is 49.2 Å². The average Bonchev–Trinajstić information content (AvgIpc) is 2.27. The topological polar surface area (TPSA) is 89.2 Å². The first-order chi connectivity index (χ1) is 8.63. The van der Waals surface area contributed by atoms with E-state index in [4.69, 9.17) is 18.0 Å². The van der Waals surface area contributed by atoms with Gasteiger partial charge < -0.3 is 10.6 Å². The number of aromatic nitrogens is 2. The lowest BCUT2D eigenvalue weighted by atomic mass is 10.1. The molecule has 0 atom stereocenters. The SMILES string of the molecule is Cc1nnc(N(C)CCS(C)(=O)=O)c(C(N)=S)c1C. The third-order valence-electron chi connectivity index (χ3n) is 2.84. The molecule has 0 amide bonds. The van der Waals surface area contributed by atoms with Crippen LogP contribution in [-0.2, 0) is 9.84 Å². The standard InChI is InChI=1S/C11H18N4O2S2/c1-7-8(2)13-14-11(9(7)10(12)18)15(3)5-6-19(4,16)17/h5-6H2,1-4H3,(H2,12,18). The smallest absolute Gasteiger partial charge is 0.161 e. The first kappa shape index (κ1) is 15.8. The lowest BCUT2D eigenvalue weighted by molar-refractivity contribution is 0.601. The van der Waals surface area contributed by atoms with E-state index in [2.05, 4.69) is 10.2 Å². The van der Waals surface area contributed by atoms with Crippen LogP contribution in [0.1, 0.15) is 16.8 Å². The minimum absolute atomic E-state index is 0.0366. The summed E-state index contributed by atoms with van der Waals surface area (Å²) in [4.78, 5) is 1.94. The van der Waals surface area contributed by atoms with Gasteiger partial charge in [0.05, 0.1) is 17.0 Å². The highest BCUT2D eigenvalue weighted by molar-refractivity contribution is 7.90. The number of rotatable bonds is 5. The summed E-state index contributed by atoms with van der Waals surface area (Å²) in [6.45, 7) is 4.00. The Kier molecular flexibility index (Phi) is 4.81. The van der Waals surface area contributed by atoms with Crippen molar-refractivity contribution in [3.05, 3.63) is 16.8 Å². The maximum atomic E-state index is 11.2. The molecule has 0 aromatic carbocycles. The summed E-state index contributed by atoms with van der Waals surface area (Å²) in [5, 5.41) is 8.11. The van der Waals surface area contributed by atoms with Crippen molar-refractivity contribution in [2.45, 2.75) is 13.8 Å². The molecule has 106 valence electrons. The fraction of sp³-hybridized carbons (Fsp3) is 0.545. The highest BCUT2D eigenvalue weighted by Gasteiger charge is 2.17. The van der Waals surface area contributed by atoms with Crippen LogP contribution in [0.15, 0.2) is 0 Å². The van der Waals surface area contributed by atoms with Gasteiger partial charge in [-0.3, -0.25) is 0 Å². The second-order valence-corrected chi connectivity index (χ2v) is 7.22. The zero-order chi connectivity index (χ0) is 14.8. The van der Waals surface area contributed by atoms with E-state index < -0.39 is 9.84 Å². The van der Waals surface area contributed by atoms with Crippen LogP contribution in [0.25, 0.3) is 0 Å². The van der Waals surface area contributed by atoms with Crippen molar-refractivity contribution in [2.24, 2.45) is 5.73 Å². The largest absolute Gasteiger partial charge is 0.389 e. The summed E-state index contributed by atoms with van der Waals surface area (Å²) >= 11 is 5.04. The summed E-state index contributed by atoms with van der Waals surface area (Å²) in [5.41, 5.74) is 7.99. The Balaban J connectivity index is 3.13. The molecule has 0 aliphatic rings. The van der Waals surface area contributed by atoms with Gasteiger partial charge in [0.1, 0.15) is 14.8 Å². The molecule has 0 aliphatic heterocycles. The van der Waals surface area contributed by atoms with Crippen LogP contribution in [0.2, 0.25) is 0 Å². The first-order valence-corrected chi connectivity index (χ1v) is 8.13. The number of hydrogen-bond donors (Lipinski definition) is 1. The number of sulfone groups is 1. The second-order valence-electron chi connectivity index (χ2n) is 4.52. The molecule has 0 saturated carbocycles. The maximum Gasteiger partial charge on any atom is 0.161 e. The van der Waals surface area contributed by atoms with Crippen LogP contribution in [0.5, 0.6) is 0 Å². The van der Waals surface area contributed by atoms with Crippen molar-refractivity contribution in [2.75, 3.05) is 30.5 Å². The van der Waals surface area contributed by atoms with Crippen LogP contribution in [0, 0.1) is 13.8 Å². The van der Waals surface area contributed by atoms with Gasteiger partial charge in [-0.15, -0.1) is 5.10 Å². The minimum Gasteiger partial charge on any atom is -0.389 e. The molecule has 0 aliphatic carbocycles. The molecule has 0 spiro atoms. The van der Waals surface area contributed by atoms with E-state index in [1.54, 1.807) is 11.9 Å². The third-order valence-corrected chi connectivity index (χ3v) is 3.97. The molecule has 0 fully saturated rings. The molecule has 1 heterocycles. The molecular weight excluding hydrogens is 284 g/mol. The number of hydrogen-bond acceptors (Lipinski definition) is 6. The average molecular weight is 302 g/mol. The van der Waals surface area contributed by atoms with Crippen molar-refractivity contribution in [3.8, 4) is 0 Å². The van der Waals surface area contributed by atoms with E-state index in [1.165, 1.54) is 6.26 Å². The quantitative estimate of drug-likeness (QED) is 0.778. The van der Waals surface area contributed by atoms with Crippen molar-refractivity contribution in [3.63, 3.8) is 0 Å². The summed E-state index contributed by atoms with van der Waals surface area (Å²) in [7, 11) is -1.29. The predicted molar refractivity (Wildman–Crippen MR) is 80.4 cm³/mol. The Bertz CT molecular complexity index is 599. The highest BCUT2D eigenvalue weighted by atomic mass is 32.2. The van der Waals surface area contributed by atoms with Gasteiger partial charge in [0.2, 0.25) is 0 Å². The number of aryl methyl sites for hydroxylation is 1.